The van der Waals surface area contributed by atoms with Gasteiger partial charge in [-0.15, -0.1) is 0 Å². The van der Waals surface area contributed by atoms with Crippen LogP contribution < -0.4 is 0 Å². The summed E-state index contributed by atoms with van der Waals surface area (Å²) in [7, 11) is 0. The Labute approximate surface area is 102 Å². The van der Waals surface area contributed by atoms with Gasteiger partial charge in [0.1, 0.15) is 0 Å². The summed E-state index contributed by atoms with van der Waals surface area (Å²) in [6.45, 7) is 0. The third-order valence-electron chi connectivity index (χ3n) is 4.56. The second kappa shape index (κ2) is 3.46. The van der Waals surface area contributed by atoms with Crippen LogP contribution in [0.2, 0.25) is 0 Å². The van der Waals surface area contributed by atoms with Crippen molar-refractivity contribution in [2.75, 3.05) is 0 Å². The fourth-order valence-corrected chi connectivity index (χ4v) is 3.56. The van der Waals surface area contributed by atoms with E-state index >= 15 is 0 Å². The molecule has 0 nitrogen and oxygen atoms in total. The Hall–Kier alpha value is -1.56. The Morgan fingerprint density at radius 3 is 1.59 bits per heavy atom. The summed E-state index contributed by atoms with van der Waals surface area (Å²) in [5.74, 6) is 1.57. The standard InChI is InChI=1S/C17H16/c1-3-7-14-12(5-1)11-13-6-2-4-8-15(13)17-10-9-16(14)17/h1-8,16-17H,9-11H2/t16-,17?/m1/s1. The van der Waals surface area contributed by atoms with Gasteiger partial charge in [0.05, 0.1) is 0 Å². The molecule has 0 heterocycles. The highest BCUT2D eigenvalue weighted by molar-refractivity contribution is 5.46. The highest BCUT2D eigenvalue weighted by Gasteiger charge is 2.37. The monoisotopic (exact) mass is 220 g/mol. The largest absolute Gasteiger partial charge is 0.0620 e. The maximum absolute atomic E-state index is 2.35. The van der Waals surface area contributed by atoms with Gasteiger partial charge in [-0.2, -0.15) is 0 Å². The van der Waals surface area contributed by atoms with E-state index in [0.717, 1.165) is 18.3 Å². The molecule has 0 saturated heterocycles. The predicted octanol–water partition coefficient (Wildman–Crippen LogP) is 4.25. The lowest BCUT2D eigenvalue weighted by atomic mass is 9.67. The first-order chi connectivity index (χ1) is 8.43. The van der Waals surface area contributed by atoms with Gasteiger partial charge >= 0.3 is 0 Å². The first kappa shape index (κ1) is 9.47. The summed E-state index contributed by atoms with van der Waals surface area (Å²) in [6.07, 6.45) is 3.87. The number of fused-ring (bicyclic) bond motifs is 5. The Morgan fingerprint density at radius 2 is 1.12 bits per heavy atom. The third kappa shape index (κ3) is 1.30. The van der Waals surface area contributed by atoms with Crippen molar-refractivity contribution in [2.45, 2.75) is 31.1 Å². The molecule has 2 aromatic carbocycles. The second-order valence-electron chi connectivity index (χ2n) is 5.36. The molecule has 1 unspecified atom stereocenters. The molecule has 17 heavy (non-hydrogen) atoms. The first-order valence-corrected chi connectivity index (χ1v) is 6.59. The van der Waals surface area contributed by atoms with Crippen molar-refractivity contribution in [3.05, 3.63) is 70.8 Å². The van der Waals surface area contributed by atoms with E-state index in [-0.39, 0.29) is 0 Å². The molecule has 2 atom stereocenters. The number of hydrogen-bond acceptors (Lipinski definition) is 0. The van der Waals surface area contributed by atoms with Crippen LogP contribution in [0.15, 0.2) is 48.5 Å². The van der Waals surface area contributed by atoms with Gasteiger partial charge in [-0.25, -0.2) is 0 Å². The third-order valence-corrected chi connectivity index (χ3v) is 4.56. The van der Waals surface area contributed by atoms with Crippen LogP contribution in [0.1, 0.15) is 46.9 Å². The van der Waals surface area contributed by atoms with E-state index < -0.39 is 0 Å². The van der Waals surface area contributed by atoms with Crippen LogP contribution in [-0.2, 0) is 6.42 Å². The van der Waals surface area contributed by atoms with Gasteiger partial charge < -0.3 is 0 Å². The summed E-state index contributed by atoms with van der Waals surface area (Å²) in [5.41, 5.74) is 6.32. The van der Waals surface area contributed by atoms with Crippen LogP contribution in [-0.4, -0.2) is 0 Å². The van der Waals surface area contributed by atoms with Crippen molar-refractivity contribution in [3.8, 4) is 0 Å². The second-order valence-corrected chi connectivity index (χ2v) is 5.36. The number of benzene rings is 2. The predicted molar refractivity (Wildman–Crippen MR) is 70.4 cm³/mol. The lowest BCUT2D eigenvalue weighted by molar-refractivity contribution is 0.347. The molecule has 0 radical (unpaired) electrons. The zero-order valence-corrected chi connectivity index (χ0v) is 9.89. The smallest absolute Gasteiger partial charge is 0.00201 e. The van der Waals surface area contributed by atoms with E-state index in [1.807, 2.05) is 0 Å². The van der Waals surface area contributed by atoms with Crippen molar-refractivity contribution in [2.24, 2.45) is 0 Å². The zero-order valence-electron chi connectivity index (χ0n) is 9.89. The SMILES string of the molecule is c1ccc2c(c1)Cc1ccccc1[C@H]1CCC21. The van der Waals surface area contributed by atoms with E-state index in [0.29, 0.717) is 0 Å². The molecule has 0 spiro atoms. The average molecular weight is 220 g/mol. The van der Waals surface area contributed by atoms with Gasteiger partial charge in [0.15, 0.2) is 0 Å². The molecule has 2 aliphatic rings. The fourth-order valence-electron chi connectivity index (χ4n) is 3.56. The Kier molecular flexibility index (Phi) is 1.93. The van der Waals surface area contributed by atoms with Gasteiger partial charge in [0, 0.05) is 0 Å². The average Bonchev–Trinajstić information content (AvgIpc) is 2.41. The van der Waals surface area contributed by atoms with Gasteiger partial charge in [-0.3, -0.25) is 0 Å². The summed E-state index contributed by atoms with van der Waals surface area (Å²) < 4.78 is 0. The van der Waals surface area contributed by atoms with Crippen molar-refractivity contribution in [1.29, 1.82) is 0 Å². The maximum atomic E-state index is 2.35. The van der Waals surface area contributed by atoms with Crippen molar-refractivity contribution in [3.63, 3.8) is 0 Å². The topological polar surface area (TPSA) is 0 Å². The minimum Gasteiger partial charge on any atom is -0.0620 e. The molecule has 1 saturated carbocycles. The fraction of sp³-hybridized carbons (Fsp3) is 0.294. The number of rotatable bonds is 0. The maximum Gasteiger partial charge on any atom is -0.00201 e. The molecule has 0 amide bonds. The number of hydrogen-bond donors (Lipinski definition) is 0. The normalized spacial score (nSPS) is 24.9. The molecular weight excluding hydrogens is 204 g/mol. The molecule has 2 aromatic rings. The van der Waals surface area contributed by atoms with Gasteiger partial charge in [-0.1, -0.05) is 48.5 Å². The molecule has 1 fully saturated rings. The molecule has 4 rings (SSSR count). The Balaban J connectivity index is 1.94. The van der Waals surface area contributed by atoms with E-state index in [9.17, 15) is 0 Å². The van der Waals surface area contributed by atoms with Crippen molar-refractivity contribution in [1.82, 2.24) is 0 Å². The summed E-state index contributed by atoms with van der Waals surface area (Å²) in [5, 5.41) is 0. The molecule has 0 bridgehead atoms. The lowest BCUT2D eigenvalue weighted by Gasteiger charge is -2.37. The molecular formula is C17H16. The molecule has 0 aliphatic heterocycles. The Morgan fingerprint density at radius 1 is 0.647 bits per heavy atom. The van der Waals surface area contributed by atoms with E-state index in [1.165, 1.54) is 12.8 Å². The summed E-state index contributed by atoms with van der Waals surface area (Å²) >= 11 is 0. The van der Waals surface area contributed by atoms with Crippen molar-refractivity contribution >= 4 is 0 Å². The summed E-state index contributed by atoms with van der Waals surface area (Å²) in [6, 6.07) is 18.1. The zero-order chi connectivity index (χ0) is 11.2. The van der Waals surface area contributed by atoms with E-state index in [2.05, 4.69) is 48.5 Å². The molecule has 0 N–H and O–H groups in total. The quantitative estimate of drug-likeness (QED) is 0.622. The molecule has 2 aliphatic carbocycles. The first-order valence-electron chi connectivity index (χ1n) is 6.59. The lowest BCUT2D eigenvalue weighted by Crippen LogP contribution is -2.21. The van der Waals surface area contributed by atoms with Gasteiger partial charge in [0.25, 0.3) is 0 Å². The van der Waals surface area contributed by atoms with Crippen LogP contribution in [0.3, 0.4) is 0 Å². The molecule has 0 heteroatoms. The van der Waals surface area contributed by atoms with Gasteiger partial charge in [-0.05, 0) is 53.4 Å². The summed E-state index contributed by atoms with van der Waals surface area (Å²) in [4.78, 5) is 0. The Bertz CT molecular complexity index is 516. The van der Waals surface area contributed by atoms with Crippen molar-refractivity contribution < 1.29 is 0 Å². The van der Waals surface area contributed by atoms with Gasteiger partial charge in [0.2, 0.25) is 0 Å². The van der Waals surface area contributed by atoms with E-state index in [1.54, 1.807) is 22.3 Å². The molecule has 0 aromatic heterocycles. The van der Waals surface area contributed by atoms with Crippen LogP contribution in [0.5, 0.6) is 0 Å². The van der Waals surface area contributed by atoms with E-state index in [4.69, 9.17) is 0 Å². The van der Waals surface area contributed by atoms with Crippen LogP contribution >= 0.6 is 0 Å². The highest BCUT2D eigenvalue weighted by atomic mass is 14.4. The van der Waals surface area contributed by atoms with Crippen LogP contribution in [0.25, 0.3) is 0 Å². The van der Waals surface area contributed by atoms with Crippen LogP contribution in [0.4, 0.5) is 0 Å². The highest BCUT2D eigenvalue weighted by Crippen LogP contribution is 2.52. The van der Waals surface area contributed by atoms with Crippen LogP contribution in [0, 0.1) is 0 Å². The minimum absolute atomic E-state index is 0.787. The molecule has 84 valence electrons. The minimum atomic E-state index is 0.787.